The Morgan fingerprint density at radius 2 is 1.55 bits per heavy atom. The highest BCUT2D eigenvalue weighted by atomic mass is 28.4. The fraction of sp³-hybridized carbons (Fsp3) is 0.667. The smallest absolute Gasteiger partial charge is 0.213 e. The fourth-order valence-corrected chi connectivity index (χ4v) is 6.71. The maximum atomic E-state index is 10.4. The Labute approximate surface area is 123 Å². The third-order valence-corrected chi connectivity index (χ3v) is 7.94. The standard InChI is InChI=1S/C18H26OSi/c1-20(2,19)17-5-3-4-16(9-17)18-10-13-6-14(11-18)8-15(7-13)12-18/h3-5,9,13-15,19H,6-8,10-12H2,1-2H3. The zero-order valence-electron chi connectivity index (χ0n) is 12.7. The van der Waals surface area contributed by atoms with Gasteiger partial charge in [-0.25, -0.2) is 0 Å². The predicted molar refractivity (Wildman–Crippen MR) is 85.6 cm³/mol. The minimum Gasteiger partial charge on any atom is -0.428 e. The van der Waals surface area contributed by atoms with Crippen molar-refractivity contribution in [3.05, 3.63) is 29.8 Å². The van der Waals surface area contributed by atoms with Gasteiger partial charge in [0, 0.05) is 0 Å². The average molecular weight is 286 g/mol. The van der Waals surface area contributed by atoms with Gasteiger partial charge < -0.3 is 4.80 Å². The Bertz CT molecular complexity index is 493. The highest BCUT2D eigenvalue weighted by Gasteiger charge is 2.51. The van der Waals surface area contributed by atoms with Gasteiger partial charge in [0.25, 0.3) is 0 Å². The van der Waals surface area contributed by atoms with Crippen LogP contribution in [-0.2, 0) is 5.41 Å². The second-order valence-corrected chi connectivity index (χ2v) is 12.0. The van der Waals surface area contributed by atoms with Gasteiger partial charge in [0.1, 0.15) is 0 Å². The van der Waals surface area contributed by atoms with Gasteiger partial charge in [-0.3, -0.25) is 0 Å². The molecule has 0 atom stereocenters. The van der Waals surface area contributed by atoms with Crippen molar-refractivity contribution < 1.29 is 4.80 Å². The first kappa shape index (κ1) is 13.1. The molecular weight excluding hydrogens is 260 g/mol. The third-order valence-electron chi connectivity index (χ3n) is 6.22. The van der Waals surface area contributed by atoms with Crippen LogP contribution in [0.5, 0.6) is 0 Å². The van der Waals surface area contributed by atoms with Crippen LogP contribution in [0.1, 0.15) is 44.1 Å². The molecule has 4 fully saturated rings. The van der Waals surface area contributed by atoms with Crippen molar-refractivity contribution in [2.24, 2.45) is 17.8 Å². The second kappa shape index (κ2) is 4.20. The first-order valence-electron chi connectivity index (χ1n) is 8.28. The van der Waals surface area contributed by atoms with Crippen LogP contribution in [0.2, 0.25) is 13.1 Å². The van der Waals surface area contributed by atoms with E-state index in [1.807, 2.05) is 13.1 Å². The molecule has 20 heavy (non-hydrogen) atoms. The summed E-state index contributed by atoms with van der Waals surface area (Å²) in [6, 6.07) is 9.03. The van der Waals surface area contributed by atoms with Crippen LogP contribution in [0, 0.1) is 17.8 Å². The van der Waals surface area contributed by atoms with E-state index in [1.165, 1.54) is 43.7 Å². The van der Waals surface area contributed by atoms with E-state index in [2.05, 4.69) is 24.3 Å². The van der Waals surface area contributed by atoms with Crippen molar-refractivity contribution in [1.29, 1.82) is 0 Å². The Morgan fingerprint density at radius 3 is 2.05 bits per heavy atom. The highest BCUT2D eigenvalue weighted by Crippen LogP contribution is 2.60. The topological polar surface area (TPSA) is 20.2 Å². The molecular formula is C18H26OSi. The molecule has 4 bridgehead atoms. The molecule has 1 nitrogen and oxygen atoms in total. The van der Waals surface area contributed by atoms with Gasteiger partial charge >= 0.3 is 0 Å². The van der Waals surface area contributed by atoms with Crippen LogP contribution < -0.4 is 5.19 Å². The summed E-state index contributed by atoms with van der Waals surface area (Å²) < 4.78 is 0. The van der Waals surface area contributed by atoms with Gasteiger partial charge in [0.2, 0.25) is 8.32 Å². The van der Waals surface area contributed by atoms with Gasteiger partial charge in [-0.2, -0.15) is 0 Å². The quantitative estimate of drug-likeness (QED) is 0.824. The Balaban J connectivity index is 1.74. The summed E-state index contributed by atoms with van der Waals surface area (Å²) >= 11 is 0. The molecule has 1 N–H and O–H groups in total. The van der Waals surface area contributed by atoms with Gasteiger partial charge in [0.05, 0.1) is 0 Å². The van der Waals surface area contributed by atoms with E-state index < -0.39 is 8.32 Å². The molecule has 0 radical (unpaired) electrons. The van der Waals surface area contributed by atoms with Crippen LogP contribution in [0.3, 0.4) is 0 Å². The molecule has 0 aliphatic heterocycles. The monoisotopic (exact) mass is 286 g/mol. The molecule has 1 aromatic carbocycles. The van der Waals surface area contributed by atoms with E-state index in [4.69, 9.17) is 0 Å². The lowest BCUT2D eigenvalue weighted by molar-refractivity contribution is -0.00515. The van der Waals surface area contributed by atoms with Crippen LogP contribution in [0.15, 0.2) is 24.3 Å². The lowest BCUT2D eigenvalue weighted by Crippen LogP contribution is -2.49. The van der Waals surface area contributed by atoms with Gasteiger partial charge in [-0.05, 0) is 85.5 Å². The molecule has 4 aliphatic carbocycles. The number of rotatable bonds is 2. The van der Waals surface area contributed by atoms with E-state index in [0.29, 0.717) is 5.41 Å². The van der Waals surface area contributed by atoms with Crippen molar-refractivity contribution in [3.63, 3.8) is 0 Å². The summed E-state index contributed by atoms with van der Waals surface area (Å²) in [6.07, 6.45) is 8.74. The van der Waals surface area contributed by atoms with Crippen molar-refractivity contribution in [2.75, 3.05) is 0 Å². The number of hydrogen-bond acceptors (Lipinski definition) is 1. The summed E-state index contributed by atoms with van der Waals surface area (Å²) in [5.74, 6) is 2.97. The summed E-state index contributed by atoms with van der Waals surface area (Å²) in [4.78, 5) is 10.4. The summed E-state index contributed by atoms with van der Waals surface area (Å²) in [5, 5.41) is 1.21. The Morgan fingerprint density at radius 1 is 1.00 bits per heavy atom. The largest absolute Gasteiger partial charge is 0.428 e. The first-order chi connectivity index (χ1) is 9.45. The van der Waals surface area contributed by atoms with Crippen LogP contribution in [-0.4, -0.2) is 13.1 Å². The van der Waals surface area contributed by atoms with E-state index in [0.717, 1.165) is 17.8 Å². The summed E-state index contributed by atoms with van der Waals surface area (Å²) in [5.41, 5.74) is 2.01. The Kier molecular flexibility index (Phi) is 2.75. The predicted octanol–water partition coefficient (Wildman–Crippen LogP) is 3.56. The van der Waals surface area contributed by atoms with E-state index in [-0.39, 0.29) is 0 Å². The van der Waals surface area contributed by atoms with Gasteiger partial charge in [0.15, 0.2) is 0 Å². The number of benzene rings is 1. The molecule has 0 unspecified atom stereocenters. The Hall–Kier alpha value is -0.603. The second-order valence-electron chi connectivity index (χ2n) is 8.34. The summed E-state index contributed by atoms with van der Waals surface area (Å²) in [6.45, 7) is 4.07. The van der Waals surface area contributed by atoms with Crippen molar-refractivity contribution in [3.8, 4) is 0 Å². The zero-order chi connectivity index (χ0) is 14.0. The minimum atomic E-state index is -2.18. The molecule has 4 saturated carbocycles. The molecule has 0 saturated heterocycles. The van der Waals surface area contributed by atoms with Gasteiger partial charge in [-0.1, -0.05) is 24.3 Å². The molecule has 0 amide bonds. The molecule has 2 heteroatoms. The SMILES string of the molecule is C[Si](C)(O)c1cccc(C23CC4CC(CC(C4)C2)C3)c1. The fourth-order valence-electron chi connectivity index (χ4n) is 5.69. The third kappa shape index (κ3) is 2.00. The molecule has 0 aromatic heterocycles. The molecule has 108 valence electrons. The molecule has 4 aliphatic rings. The lowest BCUT2D eigenvalue weighted by Gasteiger charge is -2.57. The molecule has 5 rings (SSSR count). The molecule has 1 aromatic rings. The normalized spacial score (nSPS) is 39.2. The average Bonchev–Trinajstić information content (AvgIpc) is 2.36. The van der Waals surface area contributed by atoms with Crippen molar-refractivity contribution in [1.82, 2.24) is 0 Å². The maximum Gasteiger partial charge on any atom is 0.213 e. The minimum absolute atomic E-state index is 0.463. The maximum absolute atomic E-state index is 10.4. The zero-order valence-corrected chi connectivity index (χ0v) is 13.7. The van der Waals surface area contributed by atoms with E-state index in [1.54, 1.807) is 5.56 Å². The summed E-state index contributed by atoms with van der Waals surface area (Å²) in [7, 11) is -2.18. The van der Waals surface area contributed by atoms with Crippen LogP contribution in [0.4, 0.5) is 0 Å². The van der Waals surface area contributed by atoms with E-state index >= 15 is 0 Å². The van der Waals surface area contributed by atoms with Crippen molar-refractivity contribution in [2.45, 2.75) is 57.0 Å². The van der Waals surface area contributed by atoms with Crippen LogP contribution in [0.25, 0.3) is 0 Å². The number of hydrogen-bond donors (Lipinski definition) is 1. The van der Waals surface area contributed by atoms with Gasteiger partial charge in [-0.15, -0.1) is 0 Å². The highest BCUT2D eigenvalue weighted by molar-refractivity contribution is 6.83. The van der Waals surface area contributed by atoms with E-state index in [9.17, 15) is 4.80 Å². The molecule has 0 heterocycles. The van der Waals surface area contributed by atoms with Crippen LogP contribution >= 0.6 is 0 Å². The lowest BCUT2D eigenvalue weighted by atomic mass is 9.48. The first-order valence-corrected chi connectivity index (χ1v) is 11.2. The van der Waals surface area contributed by atoms with Crippen molar-refractivity contribution >= 4 is 13.5 Å². The molecule has 0 spiro atoms.